The molecule has 4 heteroatoms. The van der Waals surface area contributed by atoms with Gasteiger partial charge in [-0.15, -0.1) is 0 Å². The molecule has 0 bridgehead atoms. The van der Waals surface area contributed by atoms with E-state index in [1.807, 2.05) is 6.92 Å². The highest BCUT2D eigenvalue weighted by Gasteiger charge is 2.48. The fourth-order valence-corrected chi connectivity index (χ4v) is 7.65. The number of hydrogen-bond donors (Lipinski definition) is 2. The van der Waals surface area contributed by atoms with Crippen LogP contribution in [0.4, 0.5) is 0 Å². The van der Waals surface area contributed by atoms with Gasteiger partial charge in [0, 0.05) is 0 Å². The summed E-state index contributed by atoms with van der Waals surface area (Å²) < 4.78 is 12.5. The van der Waals surface area contributed by atoms with E-state index in [9.17, 15) is 14.4 Å². The van der Waals surface area contributed by atoms with Crippen molar-refractivity contribution in [3.8, 4) is 0 Å². The smallest absolute Gasteiger partial charge is 0.324 e. The van der Waals surface area contributed by atoms with Crippen LogP contribution < -0.4 is 0 Å². The van der Waals surface area contributed by atoms with Crippen molar-refractivity contribution in [3.63, 3.8) is 0 Å². The minimum absolute atomic E-state index is 0.239. The number of hydrogen-bond acceptors (Lipinski definition) is 1. The standard InChI is InChI=1S/C32H49O3P/c1-8-24(3)30(4,5)22-27(25-15-11-10-12-16-25)21-26-19-20-31(6,29-18-14-13-17-28(26)29)23-32(7,9-2)36(33,34)35/h10-18,24,26-27H,8-9,19-23H2,1-7H3,(H2,33,34,35). The monoisotopic (exact) mass is 512 g/mol. The minimum Gasteiger partial charge on any atom is -0.324 e. The summed E-state index contributed by atoms with van der Waals surface area (Å²) in [7, 11) is -4.22. The van der Waals surface area contributed by atoms with E-state index in [2.05, 4.69) is 89.2 Å². The third kappa shape index (κ3) is 6.17. The van der Waals surface area contributed by atoms with Gasteiger partial charge in [0.25, 0.3) is 0 Å². The third-order valence-corrected chi connectivity index (χ3v) is 11.8. The van der Waals surface area contributed by atoms with E-state index < -0.39 is 12.8 Å². The zero-order valence-corrected chi connectivity index (χ0v) is 24.5. The Morgan fingerprint density at radius 1 is 1.03 bits per heavy atom. The molecule has 0 heterocycles. The molecule has 36 heavy (non-hydrogen) atoms. The van der Waals surface area contributed by atoms with E-state index in [0.717, 1.165) is 25.7 Å². The average molecular weight is 513 g/mol. The predicted molar refractivity (Wildman–Crippen MR) is 153 cm³/mol. The topological polar surface area (TPSA) is 57.5 Å². The molecule has 3 nitrogen and oxygen atoms in total. The molecule has 3 rings (SSSR count). The maximum atomic E-state index is 12.5. The second-order valence-corrected chi connectivity index (χ2v) is 15.0. The van der Waals surface area contributed by atoms with Gasteiger partial charge in [-0.1, -0.05) is 103 Å². The molecule has 0 fully saturated rings. The van der Waals surface area contributed by atoms with Crippen LogP contribution in [-0.4, -0.2) is 14.9 Å². The summed E-state index contributed by atoms with van der Waals surface area (Å²) in [5.74, 6) is 1.59. The van der Waals surface area contributed by atoms with Crippen LogP contribution in [0.25, 0.3) is 0 Å². The zero-order chi connectivity index (χ0) is 26.8. The Labute approximate surface area is 220 Å². The van der Waals surface area contributed by atoms with Gasteiger partial charge in [0.2, 0.25) is 0 Å². The van der Waals surface area contributed by atoms with Gasteiger partial charge in [-0.3, -0.25) is 4.57 Å². The Morgan fingerprint density at radius 3 is 2.22 bits per heavy atom. The Kier molecular flexibility index (Phi) is 9.02. The molecule has 2 N–H and O–H groups in total. The van der Waals surface area contributed by atoms with E-state index in [1.54, 1.807) is 6.92 Å². The first-order valence-electron chi connectivity index (χ1n) is 14.0. The van der Waals surface area contributed by atoms with Crippen LogP contribution >= 0.6 is 7.60 Å². The van der Waals surface area contributed by atoms with Gasteiger partial charge in [0.15, 0.2) is 0 Å². The molecule has 0 saturated heterocycles. The lowest BCUT2D eigenvalue weighted by Gasteiger charge is -2.45. The maximum Gasteiger partial charge on any atom is 0.331 e. The predicted octanol–water partition coefficient (Wildman–Crippen LogP) is 9.19. The molecular formula is C32H49O3P. The van der Waals surface area contributed by atoms with Crippen LogP contribution in [0, 0.1) is 11.3 Å². The van der Waals surface area contributed by atoms with Gasteiger partial charge in [-0.05, 0) is 90.7 Å². The summed E-state index contributed by atoms with van der Waals surface area (Å²) in [6.07, 6.45) is 6.46. The lowest BCUT2D eigenvalue weighted by Crippen LogP contribution is -2.38. The molecule has 0 aliphatic heterocycles. The molecule has 0 saturated carbocycles. The highest BCUT2D eigenvalue weighted by molar-refractivity contribution is 7.53. The summed E-state index contributed by atoms with van der Waals surface area (Å²) >= 11 is 0. The van der Waals surface area contributed by atoms with Crippen molar-refractivity contribution in [1.82, 2.24) is 0 Å². The van der Waals surface area contributed by atoms with Crippen LogP contribution in [0.1, 0.15) is 122 Å². The molecular weight excluding hydrogens is 463 g/mol. The summed E-state index contributed by atoms with van der Waals surface area (Å²) in [4.78, 5) is 20.4. The van der Waals surface area contributed by atoms with Gasteiger partial charge >= 0.3 is 7.60 Å². The van der Waals surface area contributed by atoms with Crippen LogP contribution in [-0.2, 0) is 9.98 Å². The quantitative estimate of drug-likeness (QED) is 0.295. The van der Waals surface area contributed by atoms with Gasteiger partial charge in [0.05, 0.1) is 5.16 Å². The first-order valence-corrected chi connectivity index (χ1v) is 15.6. The van der Waals surface area contributed by atoms with Crippen molar-refractivity contribution in [3.05, 3.63) is 71.3 Å². The first kappa shape index (κ1) is 29.2. The molecule has 1 aliphatic carbocycles. The van der Waals surface area contributed by atoms with Crippen molar-refractivity contribution < 1.29 is 14.4 Å². The summed E-state index contributed by atoms with van der Waals surface area (Å²) in [5.41, 5.74) is 4.13. The van der Waals surface area contributed by atoms with Crippen molar-refractivity contribution in [1.29, 1.82) is 0 Å². The fourth-order valence-electron chi connectivity index (χ4n) is 6.68. The largest absolute Gasteiger partial charge is 0.331 e. The van der Waals surface area contributed by atoms with Crippen LogP contribution in [0.5, 0.6) is 0 Å². The number of rotatable bonds is 11. The van der Waals surface area contributed by atoms with E-state index in [1.165, 1.54) is 23.1 Å². The van der Waals surface area contributed by atoms with Crippen molar-refractivity contribution in [2.45, 2.75) is 116 Å². The maximum absolute atomic E-state index is 12.5. The normalized spacial score (nSPS) is 24.0. The fraction of sp³-hybridized carbons (Fsp3) is 0.625. The second-order valence-electron chi connectivity index (χ2n) is 12.8. The van der Waals surface area contributed by atoms with E-state index in [-0.39, 0.29) is 10.8 Å². The molecule has 2 aromatic rings. The Morgan fingerprint density at radius 2 is 1.64 bits per heavy atom. The van der Waals surface area contributed by atoms with Gasteiger partial charge in [-0.2, -0.15) is 0 Å². The highest BCUT2D eigenvalue weighted by Crippen LogP contribution is 2.60. The van der Waals surface area contributed by atoms with Crippen LogP contribution in [0.3, 0.4) is 0 Å². The summed E-state index contributed by atoms with van der Waals surface area (Å²) in [6.45, 7) is 15.4. The zero-order valence-electron chi connectivity index (χ0n) is 23.6. The lowest BCUT2D eigenvalue weighted by molar-refractivity contribution is 0.181. The lowest BCUT2D eigenvalue weighted by atomic mass is 9.61. The van der Waals surface area contributed by atoms with Gasteiger partial charge < -0.3 is 9.79 Å². The third-order valence-electron chi connectivity index (χ3n) is 9.89. The molecule has 5 unspecified atom stereocenters. The van der Waals surface area contributed by atoms with Gasteiger partial charge in [0.1, 0.15) is 0 Å². The van der Waals surface area contributed by atoms with Crippen molar-refractivity contribution >= 4 is 7.60 Å². The van der Waals surface area contributed by atoms with E-state index in [0.29, 0.717) is 30.6 Å². The number of fused-ring (bicyclic) bond motifs is 1. The molecule has 0 amide bonds. The average Bonchev–Trinajstić information content (AvgIpc) is 2.84. The molecule has 0 aromatic heterocycles. The van der Waals surface area contributed by atoms with E-state index in [4.69, 9.17) is 0 Å². The van der Waals surface area contributed by atoms with Crippen molar-refractivity contribution in [2.75, 3.05) is 0 Å². The molecule has 0 radical (unpaired) electrons. The molecule has 1 aliphatic rings. The Bertz CT molecular complexity index is 1040. The molecule has 200 valence electrons. The van der Waals surface area contributed by atoms with Crippen molar-refractivity contribution in [2.24, 2.45) is 11.3 Å². The number of benzene rings is 2. The summed E-state index contributed by atoms with van der Waals surface area (Å²) in [6, 6.07) is 19.8. The SMILES string of the molecule is CCC(C)C(C)(C)CC(CC1CCC(C)(CC(C)(CC)P(=O)(O)O)c2ccccc21)c1ccccc1. The summed E-state index contributed by atoms with van der Waals surface area (Å²) in [5, 5.41) is -1.01. The molecule has 2 aromatic carbocycles. The molecule has 5 atom stereocenters. The second kappa shape index (κ2) is 11.1. The Balaban J connectivity index is 1.96. The van der Waals surface area contributed by atoms with Gasteiger partial charge in [-0.25, -0.2) is 0 Å². The first-order chi connectivity index (χ1) is 16.8. The molecule has 0 spiro atoms. The highest BCUT2D eigenvalue weighted by atomic mass is 31.2. The minimum atomic E-state index is -4.22. The van der Waals surface area contributed by atoms with Crippen LogP contribution in [0.15, 0.2) is 54.6 Å². The van der Waals surface area contributed by atoms with Crippen LogP contribution in [0.2, 0.25) is 0 Å². The Hall–Kier alpha value is -1.41. The van der Waals surface area contributed by atoms with E-state index >= 15 is 0 Å².